The van der Waals surface area contributed by atoms with E-state index in [-0.39, 0.29) is 17.6 Å². The number of hydrogen-bond acceptors (Lipinski definition) is 5. The van der Waals surface area contributed by atoms with Gasteiger partial charge in [-0.15, -0.1) is 0 Å². The zero-order chi connectivity index (χ0) is 15.0. The molecule has 1 N–H and O–H groups in total. The van der Waals surface area contributed by atoms with Crippen molar-refractivity contribution >= 4 is 5.69 Å². The molecule has 3 rings (SSSR count). The van der Waals surface area contributed by atoms with E-state index in [1.807, 2.05) is 12.1 Å². The number of fused-ring (bicyclic) bond motifs is 1. The topological polar surface area (TPSA) is 60.2 Å². The van der Waals surface area contributed by atoms with Crippen LogP contribution in [-0.4, -0.2) is 17.3 Å². The molecular formula is C16H21N3O2. The lowest BCUT2D eigenvalue weighted by Gasteiger charge is -2.26. The van der Waals surface area contributed by atoms with Gasteiger partial charge in [0.15, 0.2) is 0 Å². The summed E-state index contributed by atoms with van der Waals surface area (Å²) in [7, 11) is 1.68. The number of benzene rings is 1. The van der Waals surface area contributed by atoms with Crippen LogP contribution in [0.1, 0.15) is 50.2 Å². The van der Waals surface area contributed by atoms with Gasteiger partial charge in [0.25, 0.3) is 0 Å². The normalized spacial score (nSPS) is 19.1. The second-order valence-corrected chi connectivity index (χ2v) is 6.53. The molecule has 0 fully saturated rings. The number of nitrogens with zero attached hydrogens (tertiary/aromatic N) is 2. The molecule has 2 atom stereocenters. The van der Waals surface area contributed by atoms with Gasteiger partial charge in [-0.05, 0) is 17.0 Å². The Morgan fingerprint density at radius 2 is 2.10 bits per heavy atom. The van der Waals surface area contributed by atoms with E-state index in [4.69, 9.17) is 9.26 Å². The van der Waals surface area contributed by atoms with Crippen LogP contribution in [0.4, 0.5) is 5.69 Å². The van der Waals surface area contributed by atoms with Crippen LogP contribution < -0.4 is 5.32 Å². The average molecular weight is 287 g/mol. The van der Waals surface area contributed by atoms with Crippen LogP contribution >= 0.6 is 0 Å². The summed E-state index contributed by atoms with van der Waals surface area (Å²) in [6.45, 7) is 6.29. The first-order chi connectivity index (χ1) is 9.99. The van der Waals surface area contributed by atoms with Gasteiger partial charge in [0.1, 0.15) is 12.1 Å². The highest BCUT2D eigenvalue weighted by molar-refractivity contribution is 5.56. The fraction of sp³-hybridized carbons (Fsp3) is 0.500. The van der Waals surface area contributed by atoms with E-state index in [0.717, 1.165) is 12.1 Å². The highest BCUT2D eigenvalue weighted by atomic mass is 16.5. The van der Waals surface area contributed by atoms with E-state index in [1.165, 1.54) is 5.56 Å². The van der Waals surface area contributed by atoms with Crippen molar-refractivity contribution in [2.24, 2.45) is 5.41 Å². The Balaban J connectivity index is 1.81. The van der Waals surface area contributed by atoms with E-state index in [0.29, 0.717) is 11.7 Å². The van der Waals surface area contributed by atoms with E-state index >= 15 is 0 Å². The number of nitrogens with one attached hydrogen (secondary N) is 1. The average Bonchev–Trinajstić information content (AvgIpc) is 3.03. The number of rotatable bonds is 3. The van der Waals surface area contributed by atoms with Crippen molar-refractivity contribution in [1.29, 1.82) is 0 Å². The number of hydrogen-bond donors (Lipinski definition) is 1. The minimum atomic E-state index is -0.182. The monoisotopic (exact) mass is 287 g/mol. The van der Waals surface area contributed by atoms with Gasteiger partial charge in [0.2, 0.25) is 11.7 Å². The number of ether oxygens (including phenoxy) is 1. The number of methoxy groups -OCH3 is 1. The van der Waals surface area contributed by atoms with Gasteiger partial charge in [-0.3, -0.25) is 0 Å². The summed E-state index contributed by atoms with van der Waals surface area (Å²) < 4.78 is 11.0. The zero-order valence-corrected chi connectivity index (χ0v) is 12.9. The van der Waals surface area contributed by atoms with Crippen LogP contribution in [-0.2, 0) is 11.2 Å². The molecule has 1 aliphatic heterocycles. The maximum atomic E-state index is 5.53. The summed E-state index contributed by atoms with van der Waals surface area (Å²) in [5.41, 5.74) is 2.34. The lowest BCUT2D eigenvalue weighted by molar-refractivity contribution is 0.00718. The number of aromatic nitrogens is 2. The minimum absolute atomic E-state index is 0.0427. The van der Waals surface area contributed by atoms with Crippen LogP contribution in [0, 0.1) is 5.41 Å². The minimum Gasteiger partial charge on any atom is -0.373 e. The molecule has 0 aliphatic carbocycles. The third-order valence-electron chi connectivity index (χ3n) is 3.78. The van der Waals surface area contributed by atoms with E-state index in [2.05, 4.69) is 48.4 Å². The fourth-order valence-corrected chi connectivity index (χ4v) is 2.79. The van der Waals surface area contributed by atoms with Crippen LogP contribution in [0.3, 0.4) is 0 Å². The van der Waals surface area contributed by atoms with Gasteiger partial charge in [-0.2, -0.15) is 4.98 Å². The third kappa shape index (κ3) is 2.65. The van der Waals surface area contributed by atoms with E-state index < -0.39 is 0 Å². The van der Waals surface area contributed by atoms with E-state index in [1.54, 1.807) is 7.11 Å². The molecule has 0 radical (unpaired) electrons. The molecule has 1 aliphatic rings. The molecule has 0 saturated heterocycles. The molecule has 5 nitrogen and oxygen atoms in total. The Morgan fingerprint density at radius 1 is 1.33 bits per heavy atom. The van der Waals surface area contributed by atoms with Crippen LogP contribution in [0.5, 0.6) is 0 Å². The second kappa shape index (κ2) is 5.15. The highest BCUT2D eigenvalue weighted by Crippen LogP contribution is 2.36. The maximum absolute atomic E-state index is 5.53. The lowest BCUT2D eigenvalue weighted by Crippen LogP contribution is -2.21. The molecule has 1 aromatic carbocycles. The predicted molar refractivity (Wildman–Crippen MR) is 80.0 cm³/mol. The highest BCUT2D eigenvalue weighted by Gasteiger charge is 2.33. The van der Waals surface area contributed by atoms with Crippen molar-refractivity contribution in [3.05, 3.63) is 41.5 Å². The Hall–Kier alpha value is -1.88. The first kappa shape index (κ1) is 14.1. The standard InChI is InChI=1S/C16H21N3O2/c1-16(2,3)13(20-4)14-18-15(21-19-14)12-9-10-7-5-6-8-11(10)17-12/h5-8,12-13,17H,9H2,1-4H3. The predicted octanol–water partition coefficient (Wildman–Crippen LogP) is 3.51. The van der Waals surface area contributed by atoms with Gasteiger partial charge < -0.3 is 14.6 Å². The largest absolute Gasteiger partial charge is 0.373 e. The molecule has 0 spiro atoms. The van der Waals surface area contributed by atoms with Crippen molar-refractivity contribution in [3.63, 3.8) is 0 Å². The first-order valence-corrected chi connectivity index (χ1v) is 7.20. The molecular weight excluding hydrogens is 266 g/mol. The van der Waals surface area contributed by atoms with Crippen LogP contribution in [0.2, 0.25) is 0 Å². The van der Waals surface area contributed by atoms with Gasteiger partial charge >= 0.3 is 0 Å². The van der Waals surface area contributed by atoms with Gasteiger partial charge in [0.05, 0.1) is 0 Å². The fourth-order valence-electron chi connectivity index (χ4n) is 2.79. The summed E-state index contributed by atoms with van der Waals surface area (Å²) in [5.74, 6) is 1.23. The SMILES string of the molecule is COC(c1noc(C2Cc3ccccc3N2)n1)C(C)(C)C. The molecule has 5 heteroatoms. The maximum Gasteiger partial charge on any atom is 0.249 e. The molecule has 1 aromatic heterocycles. The quantitative estimate of drug-likeness (QED) is 0.936. The Kier molecular flexibility index (Phi) is 3.45. The van der Waals surface area contributed by atoms with Crippen molar-refractivity contribution in [3.8, 4) is 0 Å². The van der Waals surface area contributed by atoms with Gasteiger partial charge in [-0.1, -0.05) is 44.1 Å². The lowest BCUT2D eigenvalue weighted by atomic mass is 9.88. The van der Waals surface area contributed by atoms with Crippen molar-refractivity contribution < 1.29 is 9.26 Å². The smallest absolute Gasteiger partial charge is 0.249 e. The van der Waals surface area contributed by atoms with E-state index in [9.17, 15) is 0 Å². The van der Waals surface area contributed by atoms with Crippen molar-refractivity contribution in [2.45, 2.75) is 39.3 Å². The zero-order valence-electron chi connectivity index (χ0n) is 12.9. The van der Waals surface area contributed by atoms with Crippen LogP contribution in [0.15, 0.2) is 28.8 Å². The third-order valence-corrected chi connectivity index (χ3v) is 3.78. The Morgan fingerprint density at radius 3 is 2.76 bits per heavy atom. The number of anilines is 1. The molecule has 2 unspecified atom stereocenters. The molecule has 2 heterocycles. The van der Waals surface area contributed by atoms with Crippen molar-refractivity contribution in [2.75, 3.05) is 12.4 Å². The first-order valence-electron chi connectivity index (χ1n) is 7.20. The number of para-hydroxylation sites is 1. The molecule has 112 valence electrons. The summed E-state index contributed by atoms with van der Waals surface area (Å²) in [4.78, 5) is 4.55. The van der Waals surface area contributed by atoms with Crippen LogP contribution in [0.25, 0.3) is 0 Å². The van der Waals surface area contributed by atoms with Gasteiger partial charge in [0, 0.05) is 19.2 Å². The summed E-state index contributed by atoms with van der Waals surface area (Å²) >= 11 is 0. The summed E-state index contributed by atoms with van der Waals surface area (Å²) in [5, 5.41) is 7.53. The summed E-state index contributed by atoms with van der Waals surface area (Å²) in [6, 6.07) is 8.30. The van der Waals surface area contributed by atoms with Gasteiger partial charge in [-0.25, -0.2) is 0 Å². The molecule has 0 amide bonds. The van der Waals surface area contributed by atoms with Crippen molar-refractivity contribution in [1.82, 2.24) is 10.1 Å². The molecule has 2 aromatic rings. The molecule has 21 heavy (non-hydrogen) atoms. The molecule has 0 saturated carbocycles. The second-order valence-electron chi connectivity index (χ2n) is 6.53. The molecule has 0 bridgehead atoms. The summed E-state index contributed by atoms with van der Waals surface area (Å²) in [6.07, 6.45) is 0.684. The Labute approximate surface area is 124 Å². The Bertz CT molecular complexity index is 605.